The van der Waals surface area contributed by atoms with Gasteiger partial charge in [-0.3, -0.25) is 10.1 Å². The van der Waals surface area contributed by atoms with Crippen LogP contribution in [0, 0.1) is 0 Å². The summed E-state index contributed by atoms with van der Waals surface area (Å²) in [6.45, 7) is 3.87. The van der Waals surface area contributed by atoms with Gasteiger partial charge in [0.05, 0.1) is 13.7 Å². The van der Waals surface area contributed by atoms with E-state index in [4.69, 9.17) is 4.74 Å². The smallest absolute Gasteiger partial charge is 0.225 e. The van der Waals surface area contributed by atoms with Gasteiger partial charge in [-0.1, -0.05) is 0 Å². The summed E-state index contributed by atoms with van der Waals surface area (Å²) < 4.78 is 5.19. The molecule has 164 valence electrons. The molecule has 0 radical (unpaired) electrons. The minimum Gasteiger partial charge on any atom is -0.497 e. The Kier molecular flexibility index (Phi) is 7.98. The second-order valence-electron chi connectivity index (χ2n) is 6.76. The Morgan fingerprint density at radius 2 is 1.84 bits per heavy atom. The number of hydrogen-bond acceptors (Lipinski definition) is 7. The van der Waals surface area contributed by atoms with E-state index in [-0.39, 0.29) is 24.0 Å². The summed E-state index contributed by atoms with van der Waals surface area (Å²) in [5.41, 5.74) is 0.932. The van der Waals surface area contributed by atoms with Crippen molar-refractivity contribution in [3.05, 3.63) is 48.5 Å². The number of aromatic nitrogens is 5. The molecule has 0 aliphatic carbocycles. The molecule has 1 aliphatic heterocycles. The van der Waals surface area contributed by atoms with Crippen LogP contribution in [0.4, 0.5) is 5.95 Å². The minimum atomic E-state index is 0. The molecule has 0 spiro atoms. The lowest BCUT2D eigenvalue weighted by atomic mass is 10.2. The van der Waals surface area contributed by atoms with Crippen LogP contribution in [0.25, 0.3) is 11.4 Å². The number of benzene rings is 1. The molecule has 1 aliphatic rings. The summed E-state index contributed by atoms with van der Waals surface area (Å²) >= 11 is 0. The van der Waals surface area contributed by atoms with Gasteiger partial charge in [0.1, 0.15) is 11.6 Å². The molecule has 3 aromatic rings. The van der Waals surface area contributed by atoms with Crippen LogP contribution < -0.4 is 15.0 Å². The van der Waals surface area contributed by atoms with Crippen LogP contribution in [-0.2, 0) is 6.54 Å². The number of methoxy groups -OCH3 is 1. The van der Waals surface area contributed by atoms with Gasteiger partial charge >= 0.3 is 0 Å². The van der Waals surface area contributed by atoms with E-state index in [9.17, 15) is 0 Å². The topological polar surface area (TPSA) is 107 Å². The van der Waals surface area contributed by atoms with Gasteiger partial charge in [0, 0.05) is 51.2 Å². The van der Waals surface area contributed by atoms with Crippen LogP contribution >= 0.6 is 24.0 Å². The molecule has 0 amide bonds. The Morgan fingerprint density at radius 1 is 1.13 bits per heavy atom. The number of anilines is 1. The fraction of sp³-hybridized carbons (Fsp3) is 0.350. The highest BCUT2D eigenvalue weighted by Crippen LogP contribution is 2.19. The van der Waals surface area contributed by atoms with Crippen LogP contribution in [0.1, 0.15) is 5.82 Å². The van der Waals surface area contributed by atoms with Crippen molar-refractivity contribution < 1.29 is 4.74 Å². The summed E-state index contributed by atoms with van der Waals surface area (Å²) in [5, 5.41) is 10.7. The molecule has 2 aromatic heterocycles. The first-order chi connectivity index (χ1) is 14.8. The van der Waals surface area contributed by atoms with Crippen molar-refractivity contribution >= 4 is 35.9 Å². The Balaban J connectivity index is 0.00000272. The molecule has 31 heavy (non-hydrogen) atoms. The third-order valence-electron chi connectivity index (χ3n) is 4.92. The van der Waals surface area contributed by atoms with Gasteiger partial charge in [-0.05, 0) is 30.3 Å². The van der Waals surface area contributed by atoms with Crippen LogP contribution in [0.2, 0.25) is 0 Å². The SMILES string of the molecule is CN=C(NCc1nc(-c2ccc(OC)cc2)n[nH]1)N1CCN(c2ncccn2)CC1.I. The monoisotopic (exact) mass is 535 g/mol. The Hall–Kier alpha value is -2.96. The largest absolute Gasteiger partial charge is 0.497 e. The number of H-pyrrole nitrogens is 1. The lowest BCUT2D eigenvalue weighted by molar-refractivity contribution is 0.369. The summed E-state index contributed by atoms with van der Waals surface area (Å²) in [6.07, 6.45) is 3.54. The van der Waals surface area contributed by atoms with Gasteiger partial charge in [-0.15, -0.1) is 24.0 Å². The van der Waals surface area contributed by atoms with Crippen molar-refractivity contribution in [1.82, 2.24) is 35.4 Å². The molecule has 0 unspecified atom stereocenters. The number of guanidine groups is 1. The van der Waals surface area contributed by atoms with Crippen molar-refractivity contribution in [3.8, 4) is 17.1 Å². The number of aromatic amines is 1. The maximum absolute atomic E-state index is 5.19. The number of piperazine rings is 1. The zero-order valence-electron chi connectivity index (χ0n) is 17.5. The predicted octanol–water partition coefficient (Wildman–Crippen LogP) is 1.79. The minimum absolute atomic E-state index is 0. The molecular formula is C20H26IN9O. The van der Waals surface area contributed by atoms with E-state index in [0.717, 1.165) is 55.2 Å². The molecular weight excluding hydrogens is 509 g/mol. The van der Waals surface area contributed by atoms with E-state index in [1.54, 1.807) is 26.6 Å². The normalized spacial score (nSPS) is 14.2. The highest BCUT2D eigenvalue weighted by molar-refractivity contribution is 14.0. The van der Waals surface area contributed by atoms with Crippen LogP contribution in [0.5, 0.6) is 5.75 Å². The average Bonchev–Trinajstić information content (AvgIpc) is 3.29. The summed E-state index contributed by atoms with van der Waals surface area (Å²) in [6, 6.07) is 9.49. The fourth-order valence-corrected chi connectivity index (χ4v) is 3.31. The van der Waals surface area contributed by atoms with E-state index in [1.807, 2.05) is 30.3 Å². The van der Waals surface area contributed by atoms with Gasteiger partial charge in [-0.2, -0.15) is 5.10 Å². The van der Waals surface area contributed by atoms with Gasteiger partial charge < -0.3 is 19.9 Å². The van der Waals surface area contributed by atoms with E-state index in [0.29, 0.717) is 12.4 Å². The summed E-state index contributed by atoms with van der Waals surface area (Å²) in [7, 11) is 3.44. The van der Waals surface area contributed by atoms with Gasteiger partial charge in [0.15, 0.2) is 11.8 Å². The molecule has 2 N–H and O–H groups in total. The highest BCUT2D eigenvalue weighted by Gasteiger charge is 2.21. The van der Waals surface area contributed by atoms with E-state index in [1.165, 1.54) is 0 Å². The number of hydrogen-bond donors (Lipinski definition) is 2. The molecule has 3 heterocycles. The van der Waals surface area contributed by atoms with Gasteiger partial charge in [-0.25, -0.2) is 15.0 Å². The quantitative estimate of drug-likeness (QED) is 0.290. The molecule has 11 heteroatoms. The highest BCUT2D eigenvalue weighted by atomic mass is 127. The third kappa shape index (κ3) is 5.60. The summed E-state index contributed by atoms with van der Waals surface area (Å²) in [4.78, 5) is 22.0. The molecule has 4 rings (SSSR count). The molecule has 1 aromatic carbocycles. The van der Waals surface area contributed by atoms with Crippen molar-refractivity contribution in [1.29, 1.82) is 0 Å². The van der Waals surface area contributed by atoms with Crippen molar-refractivity contribution in [2.75, 3.05) is 45.2 Å². The number of rotatable bonds is 5. The number of nitrogens with one attached hydrogen (secondary N) is 2. The second kappa shape index (κ2) is 10.9. The Morgan fingerprint density at radius 3 is 2.48 bits per heavy atom. The first-order valence-corrected chi connectivity index (χ1v) is 9.80. The fourth-order valence-electron chi connectivity index (χ4n) is 3.31. The first kappa shape index (κ1) is 22.7. The molecule has 10 nitrogen and oxygen atoms in total. The third-order valence-corrected chi connectivity index (χ3v) is 4.92. The van der Waals surface area contributed by atoms with E-state index >= 15 is 0 Å². The number of nitrogens with zero attached hydrogens (tertiary/aromatic N) is 7. The molecule has 0 atom stereocenters. The van der Waals surface area contributed by atoms with Crippen molar-refractivity contribution in [2.24, 2.45) is 4.99 Å². The lowest BCUT2D eigenvalue weighted by Gasteiger charge is -2.36. The predicted molar refractivity (Wildman–Crippen MR) is 130 cm³/mol. The zero-order valence-corrected chi connectivity index (χ0v) is 19.9. The number of halogens is 1. The summed E-state index contributed by atoms with van der Waals surface area (Å²) in [5.74, 6) is 3.82. The van der Waals surface area contributed by atoms with Crippen molar-refractivity contribution in [3.63, 3.8) is 0 Å². The van der Waals surface area contributed by atoms with Gasteiger partial charge in [0.2, 0.25) is 5.95 Å². The molecule has 0 bridgehead atoms. The average molecular weight is 535 g/mol. The molecule has 1 fully saturated rings. The maximum Gasteiger partial charge on any atom is 0.225 e. The van der Waals surface area contributed by atoms with Crippen LogP contribution in [0.15, 0.2) is 47.7 Å². The number of aliphatic imine (C=N–C) groups is 1. The standard InChI is InChI=1S/C20H25N9O.HI/c1-21-19(28-10-12-29(13-11-28)20-22-8-3-9-23-20)24-14-17-25-18(27-26-17)15-4-6-16(30-2)7-5-15;/h3-9H,10-14H2,1-2H3,(H,21,24)(H,25,26,27);1H. The van der Waals surface area contributed by atoms with Crippen molar-refractivity contribution in [2.45, 2.75) is 6.54 Å². The van der Waals surface area contributed by atoms with E-state index in [2.05, 4.69) is 45.3 Å². The van der Waals surface area contributed by atoms with E-state index < -0.39 is 0 Å². The Bertz CT molecular complexity index is 970. The number of ether oxygens (including phenoxy) is 1. The Labute approximate surface area is 198 Å². The zero-order chi connectivity index (χ0) is 20.8. The maximum atomic E-state index is 5.19. The second-order valence-corrected chi connectivity index (χ2v) is 6.76. The lowest BCUT2D eigenvalue weighted by Crippen LogP contribution is -2.52. The van der Waals surface area contributed by atoms with Crippen LogP contribution in [-0.4, -0.2) is 76.3 Å². The van der Waals surface area contributed by atoms with Gasteiger partial charge in [0.25, 0.3) is 0 Å². The first-order valence-electron chi connectivity index (χ1n) is 9.80. The molecule has 0 saturated carbocycles. The molecule has 1 saturated heterocycles. The van der Waals surface area contributed by atoms with Crippen LogP contribution in [0.3, 0.4) is 0 Å².